The highest BCUT2D eigenvalue weighted by Crippen LogP contribution is 2.19. The van der Waals surface area contributed by atoms with Crippen LogP contribution in [0.5, 0.6) is 5.75 Å². The molecular weight excluding hydrogens is 383 g/mol. The second-order valence-electron chi connectivity index (χ2n) is 5.63. The van der Waals surface area contributed by atoms with Gasteiger partial charge in [-0.3, -0.25) is 4.79 Å². The van der Waals surface area contributed by atoms with E-state index in [-0.39, 0.29) is 5.91 Å². The zero-order valence-corrected chi connectivity index (χ0v) is 15.7. The van der Waals surface area contributed by atoms with Crippen LogP contribution in [0.4, 0.5) is 0 Å². The first-order chi connectivity index (χ1) is 13.1. The van der Waals surface area contributed by atoms with Gasteiger partial charge in [-0.25, -0.2) is 5.43 Å². The summed E-state index contributed by atoms with van der Waals surface area (Å²) in [5, 5.41) is 5.01. The number of benzene rings is 3. The first kappa shape index (κ1) is 19.0. The van der Waals surface area contributed by atoms with Crippen LogP contribution in [-0.4, -0.2) is 12.1 Å². The molecule has 0 unspecified atom stereocenters. The van der Waals surface area contributed by atoms with E-state index in [1.807, 2.05) is 48.5 Å². The van der Waals surface area contributed by atoms with Gasteiger partial charge in [-0.1, -0.05) is 65.7 Å². The van der Waals surface area contributed by atoms with Crippen molar-refractivity contribution in [2.45, 2.75) is 6.61 Å². The van der Waals surface area contributed by atoms with E-state index in [2.05, 4.69) is 10.5 Å². The molecule has 6 heteroatoms. The molecule has 1 amide bonds. The van der Waals surface area contributed by atoms with Gasteiger partial charge in [0.1, 0.15) is 12.4 Å². The summed E-state index contributed by atoms with van der Waals surface area (Å²) in [5.41, 5.74) is 4.52. The van der Waals surface area contributed by atoms with Crippen LogP contribution in [0, 0.1) is 0 Å². The summed E-state index contributed by atoms with van der Waals surface area (Å²) >= 11 is 12.1. The summed E-state index contributed by atoms with van der Waals surface area (Å²) in [6.07, 6.45) is 1.54. The number of carbonyl (C=O) groups excluding carboxylic acids is 1. The predicted molar refractivity (Wildman–Crippen MR) is 109 cm³/mol. The number of halogens is 2. The van der Waals surface area contributed by atoms with Gasteiger partial charge >= 0.3 is 0 Å². The number of hydrogen-bond acceptors (Lipinski definition) is 3. The summed E-state index contributed by atoms with van der Waals surface area (Å²) in [6, 6.07) is 21.7. The lowest BCUT2D eigenvalue weighted by molar-refractivity contribution is 0.0955. The van der Waals surface area contributed by atoms with Crippen molar-refractivity contribution in [2.24, 2.45) is 5.10 Å². The lowest BCUT2D eigenvalue weighted by Crippen LogP contribution is -2.17. The van der Waals surface area contributed by atoms with Gasteiger partial charge in [-0.15, -0.1) is 0 Å². The molecule has 3 aromatic rings. The molecule has 0 aliphatic carbocycles. The lowest BCUT2D eigenvalue weighted by Gasteiger charge is -2.08. The fourth-order valence-electron chi connectivity index (χ4n) is 2.33. The van der Waals surface area contributed by atoms with Crippen molar-refractivity contribution in [1.29, 1.82) is 0 Å². The van der Waals surface area contributed by atoms with E-state index >= 15 is 0 Å². The van der Waals surface area contributed by atoms with Gasteiger partial charge < -0.3 is 4.74 Å². The third kappa shape index (κ3) is 5.33. The number of hydrogen-bond donors (Lipinski definition) is 1. The number of rotatable bonds is 6. The predicted octanol–water partition coefficient (Wildman–Crippen LogP) is 5.34. The van der Waals surface area contributed by atoms with E-state index < -0.39 is 0 Å². The van der Waals surface area contributed by atoms with Crippen LogP contribution in [-0.2, 0) is 6.61 Å². The average Bonchev–Trinajstić information content (AvgIpc) is 2.68. The highest BCUT2D eigenvalue weighted by atomic mass is 35.5. The van der Waals surface area contributed by atoms with Crippen molar-refractivity contribution in [3.8, 4) is 5.75 Å². The number of nitrogens with one attached hydrogen (secondary N) is 1. The summed E-state index contributed by atoms with van der Waals surface area (Å²) in [7, 11) is 0. The molecule has 0 saturated heterocycles. The number of ether oxygens (including phenoxy) is 1. The Morgan fingerprint density at radius 1 is 0.963 bits per heavy atom. The topological polar surface area (TPSA) is 50.7 Å². The zero-order chi connectivity index (χ0) is 19.1. The Kier molecular flexibility index (Phi) is 6.47. The van der Waals surface area contributed by atoms with Gasteiger partial charge in [0.15, 0.2) is 0 Å². The Hall–Kier alpha value is -2.82. The molecule has 0 aliphatic rings. The van der Waals surface area contributed by atoms with E-state index in [0.717, 1.165) is 11.1 Å². The van der Waals surface area contributed by atoms with Gasteiger partial charge in [0, 0.05) is 10.6 Å². The molecule has 0 saturated carbocycles. The molecule has 3 aromatic carbocycles. The number of carbonyl (C=O) groups is 1. The first-order valence-corrected chi connectivity index (χ1v) is 8.93. The molecule has 0 aliphatic heterocycles. The molecule has 1 N–H and O–H groups in total. The van der Waals surface area contributed by atoms with E-state index in [1.165, 1.54) is 6.21 Å². The maximum atomic E-state index is 12.1. The Labute approximate surface area is 167 Å². The van der Waals surface area contributed by atoms with Crippen LogP contribution in [0.2, 0.25) is 10.0 Å². The molecule has 0 spiro atoms. The maximum absolute atomic E-state index is 12.1. The minimum absolute atomic E-state index is 0.365. The Morgan fingerprint density at radius 3 is 2.48 bits per heavy atom. The minimum atomic E-state index is -0.372. The van der Waals surface area contributed by atoms with Crippen molar-refractivity contribution in [3.05, 3.63) is 99.5 Å². The summed E-state index contributed by atoms with van der Waals surface area (Å²) < 4.78 is 5.78. The molecule has 3 rings (SSSR count). The standard InChI is InChI=1S/C21H16Cl2N2O2/c22-19-10-3-1-7-16(19)14-27-17-8-5-6-15(12-17)13-24-25-21(26)18-9-2-4-11-20(18)23/h1-13H,14H2,(H,25,26)/b24-13-. The normalized spacial score (nSPS) is 10.7. The van der Waals surface area contributed by atoms with E-state index in [4.69, 9.17) is 27.9 Å². The molecular formula is C21H16Cl2N2O2. The molecule has 27 heavy (non-hydrogen) atoms. The van der Waals surface area contributed by atoms with Crippen molar-refractivity contribution in [3.63, 3.8) is 0 Å². The average molecular weight is 399 g/mol. The van der Waals surface area contributed by atoms with Crippen LogP contribution in [0.1, 0.15) is 21.5 Å². The van der Waals surface area contributed by atoms with Gasteiger partial charge in [0.2, 0.25) is 0 Å². The fraction of sp³-hybridized carbons (Fsp3) is 0.0476. The van der Waals surface area contributed by atoms with Crippen molar-refractivity contribution in [1.82, 2.24) is 5.43 Å². The van der Waals surface area contributed by atoms with E-state index in [1.54, 1.807) is 24.3 Å². The number of amides is 1. The molecule has 0 fully saturated rings. The summed E-state index contributed by atoms with van der Waals surface area (Å²) in [6.45, 7) is 0.365. The van der Waals surface area contributed by atoms with Crippen LogP contribution >= 0.6 is 23.2 Å². The summed E-state index contributed by atoms with van der Waals surface area (Å²) in [4.78, 5) is 12.1. The first-order valence-electron chi connectivity index (χ1n) is 8.17. The molecule has 0 radical (unpaired) electrons. The molecule has 0 heterocycles. The van der Waals surface area contributed by atoms with Gasteiger partial charge in [-0.2, -0.15) is 5.10 Å². The molecule has 4 nitrogen and oxygen atoms in total. The zero-order valence-electron chi connectivity index (χ0n) is 14.2. The van der Waals surface area contributed by atoms with Gasteiger partial charge in [0.05, 0.1) is 16.8 Å². The van der Waals surface area contributed by atoms with Gasteiger partial charge in [-0.05, 0) is 35.9 Å². The minimum Gasteiger partial charge on any atom is -0.489 e. The van der Waals surface area contributed by atoms with Crippen LogP contribution in [0.25, 0.3) is 0 Å². The van der Waals surface area contributed by atoms with Crippen LogP contribution in [0.3, 0.4) is 0 Å². The second-order valence-corrected chi connectivity index (χ2v) is 6.45. The van der Waals surface area contributed by atoms with Crippen LogP contribution in [0.15, 0.2) is 77.9 Å². The SMILES string of the molecule is O=C(N/N=C\c1cccc(OCc2ccccc2Cl)c1)c1ccccc1Cl. The summed E-state index contributed by atoms with van der Waals surface area (Å²) in [5.74, 6) is 0.305. The number of hydrazone groups is 1. The molecule has 0 bridgehead atoms. The van der Waals surface area contributed by atoms with Crippen molar-refractivity contribution >= 4 is 35.3 Å². The smallest absolute Gasteiger partial charge is 0.272 e. The highest BCUT2D eigenvalue weighted by molar-refractivity contribution is 6.33. The fourth-order valence-corrected chi connectivity index (χ4v) is 2.74. The van der Waals surface area contributed by atoms with Crippen molar-refractivity contribution < 1.29 is 9.53 Å². The van der Waals surface area contributed by atoms with Crippen LogP contribution < -0.4 is 10.2 Å². The second kappa shape index (κ2) is 9.21. The molecule has 136 valence electrons. The molecule has 0 aromatic heterocycles. The molecule has 0 atom stereocenters. The number of nitrogens with zero attached hydrogens (tertiary/aromatic N) is 1. The third-order valence-corrected chi connectivity index (χ3v) is 4.41. The largest absolute Gasteiger partial charge is 0.489 e. The van der Waals surface area contributed by atoms with E-state index in [9.17, 15) is 4.79 Å². The maximum Gasteiger partial charge on any atom is 0.272 e. The Balaban J connectivity index is 1.60. The van der Waals surface area contributed by atoms with Gasteiger partial charge in [0.25, 0.3) is 5.91 Å². The Bertz CT molecular complexity index is 974. The third-order valence-electron chi connectivity index (χ3n) is 3.71. The monoisotopic (exact) mass is 398 g/mol. The highest BCUT2D eigenvalue weighted by Gasteiger charge is 2.07. The van der Waals surface area contributed by atoms with E-state index in [0.29, 0.717) is 28.0 Å². The Morgan fingerprint density at radius 2 is 1.70 bits per heavy atom. The lowest BCUT2D eigenvalue weighted by atomic mass is 10.2. The quantitative estimate of drug-likeness (QED) is 0.450. The van der Waals surface area contributed by atoms with Crippen molar-refractivity contribution in [2.75, 3.05) is 0 Å².